The number of rotatable bonds is 5. The van der Waals surface area contributed by atoms with Gasteiger partial charge in [-0.25, -0.2) is 0 Å². The van der Waals surface area contributed by atoms with Gasteiger partial charge in [0, 0.05) is 43.4 Å². The second-order valence-corrected chi connectivity index (χ2v) is 7.86. The van der Waals surface area contributed by atoms with E-state index in [0.29, 0.717) is 5.92 Å². The summed E-state index contributed by atoms with van der Waals surface area (Å²) in [6.45, 7) is 6.56. The number of nitrogens with one attached hydrogen (secondary N) is 1. The molecule has 1 heterocycles. The van der Waals surface area contributed by atoms with Gasteiger partial charge in [-0.05, 0) is 43.9 Å². The first-order chi connectivity index (χ1) is 12.1. The standard InChI is InChI=1S/C20H30ClN3O/c1-16(20(25)22-15-17-6-3-2-4-7-17)23-10-12-24(13-11-23)19-9-5-8-18(21)14-19/h5,8-9,14,16-17H,2-4,6-7,10-13,15H2,1H3,(H,22,25). The molecule has 2 fully saturated rings. The lowest BCUT2D eigenvalue weighted by molar-refractivity contribution is -0.126. The van der Waals surface area contributed by atoms with Crippen LogP contribution in [-0.2, 0) is 4.79 Å². The van der Waals surface area contributed by atoms with Crippen LogP contribution in [0.25, 0.3) is 0 Å². The lowest BCUT2D eigenvalue weighted by Gasteiger charge is -2.38. The van der Waals surface area contributed by atoms with Crippen molar-refractivity contribution in [3.63, 3.8) is 0 Å². The Morgan fingerprint density at radius 2 is 1.92 bits per heavy atom. The number of carbonyl (C=O) groups is 1. The topological polar surface area (TPSA) is 35.6 Å². The molecule has 1 amide bonds. The molecule has 0 bridgehead atoms. The number of hydrogen-bond acceptors (Lipinski definition) is 3. The second kappa shape index (κ2) is 8.91. The Hall–Kier alpha value is -1.26. The van der Waals surface area contributed by atoms with Crippen molar-refractivity contribution in [2.24, 2.45) is 5.92 Å². The van der Waals surface area contributed by atoms with Gasteiger partial charge in [0.2, 0.25) is 5.91 Å². The monoisotopic (exact) mass is 363 g/mol. The van der Waals surface area contributed by atoms with Gasteiger partial charge < -0.3 is 10.2 Å². The van der Waals surface area contributed by atoms with Crippen molar-refractivity contribution in [3.05, 3.63) is 29.3 Å². The minimum atomic E-state index is -0.0508. The molecule has 0 radical (unpaired) electrons. The number of benzene rings is 1. The Balaban J connectivity index is 1.44. The number of amides is 1. The SMILES string of the molecule is CC(C(=O)NCC1CCCCC1)N1CCN(c2cccc(Cl)c2)CC1. The number of piperazine rings is 1. The maximum Gasteiger partial charge on any atom is 0.237 e. The average molecular weight is 364 g/mol. The molecule has 1 saturated heterocycles. The summed E-state index contributed by atoms with van der Waals surface area (Å²) in [6.07, 6.45) is 6.54. The molecule has 1 aliphatic heterocycles. The quantitative estimate of drug-likeness (QED) is 0.869. The van der Waals surface area contributed by atoms with Gasteiger partial charge in [-0.15, -0.1) is 0 Å². The van der Waals surface area contributed by atoms with E-state index in [-0.39, 0.29) is 11.9 Å². The van der Waals surface area contributed by atoms with Crippen LogP contribution >= 0.6 is 11.6 Å². The van der Waals surface area contributed by atoms with Gasteiger partial charge in [0.1, 0.15) is 0 Å². The first-order valence-electron chi connectivity index (χ1n) is 9.66. The van der Waals surface area contributed by atoms with Crippen molar-refractivity contribution in [1.82, 2.24) is 10.2 Å². The molecular weight excluding hydrogens is 334 g/mol. The lowest BCUT2D eigenvalue weighted by Crippen LogP contribution is -2.54. The first kappa shape index (κ1) is 18.5. The number of anilines is 1. The summed E-state index contributed by atoms with van der Waals surface area (Å²) in [5, 5.41) is 3.96. The fraction of sp³-hybridized carbons (Fsp3) is 0.650. The van der Waals surface area contributed by atoms with Crippen LogP contribution in [0, 0.1) is 5.92 Å². The molecule has 1 unspecified atom stereocenters. The third kappa shape index (κ3) is 5.11. The minimum Gasteiger partial charge on any atom is -0.369 e. The van der Waals surface area contributed by atoms with Crippen LogP contribution in [0.2, 0.25) is 5.02 Å². The highest BCUT2D eigenvalue weighted by Gasteiger charge is 2.26. The molecule has 25 heavy (non-hydrogen) atoms. The van der Waals surface area contributed by atoms with Crippen molar-refractivity contribution >= 4 is 23.2 Å². The molecule has 0 aromatic heterocycles. The van der Waals surface area contributed by atoms with Gasteiger partial charge in [-0.2, -0.15) is 0 Å². The Morgan fingerprint density at radius 3 is 2.60 bits per heavy atom. The normalized spacial score (nSPS) is 21.1. The van der Waals surface area contributed by atoms with Crippen LogP contribution < -0.4 is 10.2 Å². The van der Waals surface area contributed by atoms with Gasteiger partial charge in [-0.1, -0.05) is 36.9 Å². The third-order valence-corrected chi connectivity index (χ3v) is 5.94. The van der Waals surface area contributed by atoms with Crippen molar-refractivity contribution in [2.45, 2.75) is 45.1 Å². The van der Waals surface area contributed by atoms with Crippen LogP contribution in [0.4, 0.5) is 5.69 Å². The Bertz CT molecular complexity index is 566. The summed E-state index contributed by atoms with van der Waals surface area (Å²) in [4.78, 5) is 17.1. The van der Waals surface area contributed by atoms with Crippen molar-refractivity contribution in [3.8, 4) is 0 Å². The minimum absolute atomic E-state index is 0.0508. The molecule has 4 nitrogen and oxygen atoms in total. The summed E-state index contributed by atoms with van der Waals surface area (Å²) >= 11 is 6.09. The zero-order chi connectivity index (χ0) is 17.6. The summed E-state index contributed by atoms with van der Waals surface area (Å²) in [5.41, 5.74) is 1.17. The van der Waals surface area contributed by atoms with E-state index in [1.54, 1.807) is 0 Å². The maximum atomic E-state index is 12.5. The van der Waals surface area contributed by atoms with E-state index in [2.05, 4.69) is 21.2 Å². The molecule has 1 aliphatic carbocycles. The summed E-state index contributed by atoms with van der Waals surface area (Å²) in [5.74, 6) is 0.867. The smallest absolute Gasteiger partial charge is 0.237 e. The van der Waals surface area contributed by atoms with Crippen LogP contribution in [-0.4, -0.2) is 49.6 Å². The van der Waals surface area contributed by atoms with E-state index in [1.165, 1.54) is 37.8 Å². The van der Waals surface area contributed by atoms with Gasteiger partial charge in [0.15, 0.2) is 0 Å². The fourth-order valence-corrected chi connectivity index (χ4v) is 4.17. The predicted molar refractivity (Wildman–Crippen MR) is 104 cm³/mol. The van der Waals surface area contributed by atoms with Gasteiger partial charge >= 0.3 is 0 Å². The Morgan fingerprint density at radius 1 is 1.20 bits per heavy atom. The van der Waals surface area contributed by atoms with E-state index in [0.717, 1.165) is 37.7 Å². The largest absolute Gasteiger partial charge is 0.369 e. The number of halogens is 1. The first-order valence-corrected chi connectivity index (χ1v) is 10.0. The van der Waals surface area contributed by atoms with Gasteiger partial charge in [0.05, 0.1) is 6.04 Å². The molecule has 1 aromatic rings. The summed E-state index contributed by atoms with van der Waals surface area (Å²) in [7, 11) is 0. The van der Waals surface area contributed by atoms with Crippen molar-refractivity contribution < 1.29 is 4.79 Å². The fourth-order valence-electron chi connectivity index (χ4n) is 3.99. The summed E-state index contributed by atoms with van der Waals surface area (Å²) < 4.78 is 0. The van der Waals surface area contributed by atoms with E-state index >= 15 is 0 Å². The third-order valence-electron chi connectivity index (χ3n) is 5.70. The lowest BCUT2D eigenvalue weighted by atomic mass is 9.89. The van der Waals surface area contributed by atoms with Crippen LogP contribution in [0.1, 0.15) is 39.0 Å². The highest BCUT2D eigenvalue weighted by molar-refractivity contribution is 6.30. The molecule has 138 valence electrons. The Labute approximate surface area is 156 Å². The average Bonchev–Trinajstić information content (AvgIpc) is 2.66. The highest BCUT2D eigenvalue weighted by Crippen LogP contribution is 2.23. The zero-order valence-electron chi connectivity index (χ0n) is 15.2. The van der Waals surface area contributed by atoms with E-state index in [1.807, 2.05) is 25.1 Å². The van der Waals surface area contributed by atoms with Crippen LogP contribution in [0.5, 0.6) is 0 Å². The van der Waals surface area contributed by atoms with Crippen LogP contribution in [0.15, 0.2) is 24.3 Å². The molecular formula is C20H30ClN3O. The molecule has 1 saturated carbocycles. The van der Waals surface area contributed by atoms with Crippen molar-refractivity contribution in [2.75, 3.05) is 37.6 Å². The number of carbonyl (C=O) groups excluding carboxylic acids is 1. The van der Waals surface area contributed by atoms with Gasteiger partial charge in [-0.3, -0.25) is 9.69 Å². The van der Waals surface area contributed by atoms with Crippen molar-refractivity contribution in [1.29, 1.82) is 0 Å². The molecule has 5 heteroatoms. The van der Waals surface area contributed by atoms with E-state index in [9.17, 15) is 4.79 Å². The molecule has 2 aliphatic rings. The highest BCUT2D eigenvalue weighted by atomic mass is 35.5. The van der Waals surface area contributed by atoms with E-state index < -0.39 is 0 Å². The zero-order valence-corrected chi connectivity index (χ0v) is 16.0. The maximum absolute atomic E-state index is 12.5. The second-order valence-electron chi connectivity index (χ2n) is 7.43. The molecule has 1 atom stereocenters. The Kier molecular flexibility index (Phi) is 6.60. The van der Waals surface area contributed by atoms with Crippen LogP contribution in [0.3, 0.4) is 0 Å². The molecule has 1 N–H and O–H groups in total. The molecule has 0 spiro atoms. The number of nitrogens with zero attached hydrogens (tertiary/aromatic N) is 2. The summed E-state index contributed by atoms with van der Waals surface area (Å²) in [6, 6.07) is 7.95. The predicted octanol–water partition coefficient (Wildman–Crippen LogP) is 3.55. The van der Waals surface area contributed by atoms with Gasteiger partial charge in [0.25, 0.3) is 0 Å². The van der Waals surface area contributed by atoms with E-state index in [4.69, 9.17) is 11.6 Å². The number of hydrogen-bond donors (Lipinski definition) is 1. The molecule has 1 aromatic carbocycles. The molecule has 3 rings (SSSR count).